The molecule has 1 heterocycles. The van der Waals surface area contributed by atoms with E-state index in [1.807, 2.05) is 0 Å². The highest BCUT2D eigenvalue weighted by Crippen LogP contribution is 2.20. The van der Waals surface area contributed by atoms with Crippen molar-refractivity contribution in [2.24, 2.45) is 0 Å². The van der Waals surface area contributed by atoms with E-state index >= 15 is 0 Å². The van der Waals surface area contributed by atoms with Gasteiger partial charge in [0, 0.05) is 17.7 Å². The molecule has 0 aliphatic heterocycles. The van der Waals surface area contributed by atoms with Crippen molar-refractivity contribution in [1.29, 1.82) is 0 Å². The van der Waals surface area contributed by atoms with Crippen molar-refractivity contribution >= 4 is 11.7 Å². The molecule has 0 bridgehead atoms. The van der Waals surface area contributed by atoms with E-state index in [0.29, 0.717) is 5.56 Å². The molecular weight excluding hydrogens is 264 g/mol. The topological polar surface area (TPSA) is 111 Å². The quantitative estimate of drug-likeness (QED) is 0.502. The molecule has 0 amide bonds. The average molecular weight is 274 g/mol. The summed E-state index contributed by atoms with van der Waals surface area (Å²) in [4.78, 5) is 24.8. The standard InChI is InChI=1S/C12H10N4O4/c1-8(12(17)18)6-15-7-13-11(14-15)9-3-2-4-10(5-9)16(19)20/h2-5,7H,1,6H2,(H,17,18). The lowest BCUT2D eigenvalue weighted by atomic mass is 10.2. The number of benzene rings is 1. The minimum atomic E-state index is -1.11. The number of aromatic nitrogens is 3. The maximum absolute atomic E-state index is 10.7. The van der Waals surface area contributed by atoms with E-state index in [4.69, 9.17) is 5.11 Å². The first-order valence-electron chi connectivity index (χ1n) is 5.52. The van der Waals surface area contributed by atoms with Crippen LogP contribution in [0.3, 0.4) is 0 Å². The molecule has 2 aromatic rings. The molecule has 8 heteroatoms. The minimum absolute atomic E-state index is 0.00272. The molecule has 0 aliphatic carbocycles. The summed E-state index contributed by atoms with van der Waals surface area (Å²) in [6, 6.07) is 5.89. The summed E-state index contributed by atoms with van der Waals surface area (Å²) in [6.07, 6.45) is 1.35. The number of hydrogen-bond acceptors (Lipinski definition) is 5. The fourth-order valence-electron chi connectivity index (χ4n) is 1.52. The highest BCUT2D eigenvalue weighted by molar-refractivity contribution is 5.85. The summed E-state index contributed by atoms with van der Waals surface area (Å²) in [5.74, 6) is -0.829. The zero-order valence-electron chi connectivity index (χ0n) is 10.3. The van der Waals surface area contributed by atoms with Gasteiger partial charge in [0.25, 0.3) is 5.69 Å². The molecule has 1 aromatic heterocycles. The highest BCUT2D eigenvalue weighted by Gasteiger charge is 2.11. The van der Waals surface area contributed by atoms with Crippen molar-refractivity contribution in [3.05, 3.63) is 52.9 Å². The van der Waals surface area contributed by atoms with Gasteiger partial charge in [0.2, 0.25) is 0 Å². The van der Waals surface area contributed by atoms with E-state index in [1.54, 1.807) is 6.07 Å². The molecule has 0 radical (unpaired) electrons. The van der Waals surface area contributed by atoms with Gasteiger partial charge in [0.05, 0.1) is 17.0 Å². The van der Waals surface area contributed by atoms with Gasteiger partial charge in [-0.1, -0.05) is 18.7 Å². The van der Waals surface area contributed by atoms with Crippen molar-refractivity contribution in [2.45, 2.75) is 6.54 Å². The molecule has 1 N–H and O–H groups in total. The third kappa shape index (κ3) is 2.86. The molecule has 0 spiro atoms. The van der Waals surface area contributed by atoms with Gasteiger partial charge in [-0.05, 0) is 0 Å². The summed E-state index contributed by atoms with van der Waals surface area (Å²) in [5.41, 5.74) is 0.396. The van der Waals surface area contributed by atoms with E-state index in [1.165, 1.54) is 29.2 Å². The highest BCUT2D eigenvalue weighted by atomic mass is 16.6. The second-order valence-corrected chi connectivity index (χ2v) is 3.98. The van der Waals surface area contributed by atoms with Crippen LogP contribution in [0.1, 0.15) is 0 Å². The first-order chi connectivity index (χ1) is 9.47. The van der Waals surface area contributed by atoms with Crippen LogP contribution in [0.2, 0.25) is 0 Å². The fourth-order valence-corrected chi connectivity index (χ4v) is 1.52. The number of rotatable bonds is 5. The maximum atomic E-state index is 10.7. The molecule has 8 nitrogen and oxygen atoms in total. The van der Waals surface area contributed by atoms with Crippen LogP contribution in [0.4, 0.5) is 5.69 Å². The van der Waals surface area contributed by atoms with Gasteiger partial charge in [0.15, 0.2) is 5.82 Å². The Balaban J connectivity index is 2.24. The Kier molecular flexibility index (Phi) is 3.56. The van der Waals surface area contributed by atoms with Crippen LogP contribution in [0.5, 0.6) is 0 Å². The van der Waals surface area contributed by atoms with Crippen LogP contribution in [-0.2, 0) is 11.3 Å². The van der Waals surface area contributed by atoms with Gasteiger partial charge < -0.3 is 5.11 Å². The molecule has 102 valence electrons. The summed E-state index contributed by atoms with van der Waals surface area (Å²) in [5, 5.41) is 23.5. The summed E-state index contributed by atoms with van der Waals surface area (Å²) in [7, 11) is 0. The van der Waals surface area contributed by atoms with Crippen LogP contribution in [-0.4, -0.2) is 30.8 Å². The second-order valence-electron chi connectivity index (χ2n) is 3.98. The number of nitro groups is 1. The Morgan fingerprint density at radius 2 is 2.25 bits per heavy atom. The van der Waals surface area contributed by atoms with Gasteiger partial charge in [-0.25, -0.2) is 14.5 Å². The zero-order chi connectivity index (χ0) is 14.7. The SMILES string of the molecule is C=C(Cn1cnc(-c2cccc([N+](=O)[O-])c2)n1)C(=O)O. The van der Waals surface area contributed by atoms with E-state index < -0.39 is 10.9 Å². The van der Waals surface area contributed by atoms with Crippen molar-refractivity contribution in [2.75, 3.05) is 0 Å². The zero-order valence-corrected chi connectivity index (χ0v) is 10.3. The number of non-ortho nitro benzene ring substituents is 1. The van der Waals surface area contributed by atoms with Crippen LogP contribution < -0.4 is 0 Å². The number of carboxylic acid groups (broad SMARTS) is 1. The number of carbonyl (C=O) groups is 1. The van der Waals surface area contributed by atoms with Crippen molar-refractivity contribution in [3.63, 3.8) is 0 Å². The van der Waals surface area contributed by atoms with Gasteiger partial charge >= 0.3 is 5.97 Å². The molecule has 20 heavy (non-hydrogen) atoms. The lowest BCUT2D eigenvalue weighted by Gasteiger charge is -1.99. The molecule has 1 aromatic carbocycles. The minimum Gasteiger partial charge on any atom is -0.478 e. The van der Waals surface area contributed by atoms with Crippen LogP contribution >= 0.6 is 0 Å². The smallest absolute Gasteiger partial charge is 0.332 e. The Bertz CT molecular complexity index is 692. The van der Waals surface area contributed by atoms with E-state index in [0.717, 1.165) is 0 Å². The monoisotopic (exact) mass is 274 g/mol. The molecule has 0 aliphatic rings. The molecule has 0 fully saturated rings. The van der Waals surface area contributed by atoms with Gasteiger partial charge in [0.1, 0.15) is 6.33 Å². The maximum Gasteiger partial charge on any atom is 0.332 e. The van der Waals surface area contributed by atoms with Crippen molar-refractivity contribution in [3.8, 4) is 11.4 Å². The Labute approximate surface area is 113 Å². The van der Waals surface area contributed by atoms with Crippen molar-refractivity contribution < 1.29 is 14.8 Å². The molecule has 0 unspecified atom stereocenters. The number of nitrogens with zero attached hydrogens (tertiary/aromatic N) is 4. The third-order valence-corrected chi connectivity index (χ3v) is 2.51. The van der Waals surface area contributed by atoms with Crippen LogP contribution in [0.25, 0.3) is 11.4 Å². The lowest BCUT2D eigenvalue weighted by Crippen LogP contribution is -2.08. The predicted molar refractivity (Wildman–Crippen MR) is 68.9 cm³/mol. The number of hydrogen-bond donors (Lipinski definition) is 1. The van der Waals surface area contributed by atoms with Gasteiger partial charge in [-0.3, -0.25) is 10.1 Å². The predicted octanol–water partition coefficient (Wildman–Crippen LogP) is 1.49. The molecule has 0 saturated carbocycles. The van der Waals surface area contributed by atoms with Crippen LogP contribution in [0.15, 0.2) is 42.7 Å². The second kappa shape index (κ2) is 5.31. The normalized spacial score (nSPS) is 10.2. The summed E-state index contributed by atoms with van der Waals surface area (Å²) < 4.78 is 1.31. The van der Waals surface area contributed by atoms with Gasteiger partial charge in [-0.15, -0.1) is 0 Å². The first-order valence-corrected chi connectivity index (χ1v) is 5.52. The average Bonchev–Trinajstić information content (AvgIpc) is 2.87. The Morgan fingerprint density at radius 1 is 1.50 bits per heavy atom. The van der Waals surface area contributed by atoms with Crippen LogP contribution in [0, 0.1) is 10.1 Å². The van der Waals surface area contributed by atoms with Crippen molar-refractivity contribution in [1.82, 2.24) is 14.8 Å². The van der Waals surface area contributed by atoms with E-state index in [2.05, 4.69) is 16.7 Å². The summed E-state index contributed by atoms with van der Waals surface area (Å²) in [6.45, 7) is 3.39. The molecular formula is C12H10N4O4. The lowest BCUT2D eigenvalue weighted by molar-refractivity contribution is -0.384. The first kappa shape index (κ1) is 13.4. The van der Waals surface area contributed by atoms with E-state index in [9.17, 15) is 14.9 Å². The Hall–Kier alpha value is -3.03. The number of carboxylic acids is 1. The third-order valence-electron chi connectivity index (χ3n) is 2.51. The molecule has 0 atom stereocenters. The fraction of sp³-hybridized carbons (Fsp3) is 0.0833. The largest absolute Gasteiger partial charge is 0.478 e. The number of aliphatic carboxylic acids is 1. The molecule has 2 rings (SSSR count). The number of nitro benzene ring substituents is 1. The van der Waals surface area contributed by atoms with Gasteiger partial charge in [-0.2, -0.15) is 5.10 Å². The van der Waals surface area contributed by atoms with E-state index in [-0.39, 0.29) is 23.6 Å². The molecule has 0 saturated heterocycles. The summed E-state index contributed by atoms with van der Waals surface area (Å²) >= 11 is 0. The Morgan fingerprint density at radius 3 is 2.90 bits per heavy atom.